The summed E-state index contributed by atoms with van der Waals surface area (Å²) in [6.45, 7) is -2.67. The van der Waals surface area contributed by atoms with E-state index in [-0.39, 0.29) is 6.61 Å². The normalized spacial score (nSPS) is 11.4. The van der Waals surface area contributed by atoms with Crippen molar-refractivity contribution < 1.29 is 13.9 Å². The van der Waals surface area contributed by atoms with Gasteiger partial charge in [0.25, 0.3) is 0 Å². The van der Waals surface area contributed by atoms with Crippen molar-refractivity contribution in [2.75, 3.05) is 0 Å². The molecule has 0 aliphatic carbocycles. The number of hydrogen-bond acceptors (Lipinski definition) is 1. The molecule has 0 unspecified atom stereocenters. The summed E-state index contributed by atoms with van der Waals surface area (Å²) in [4.78, 5) is 0. The lowest BCUT2D eigenvalue weighted by Gasteiger charge is -2.04. The van der Waals surface area contributed by atoms with Crippen LogP contribution in [-0.2, 0) is 6.61 Å². The minimum absolute atomic E-state index is 0.134. The molecule has 1 N–H and O–H groups in total. The van der Waals surface area contributed by atoms with Crippen LogP contribution in [0.1, 0.15) is 12.1 Å². The summed E-state index contributed by atoms with van der Waals surface area (Å²) in [5.74, 6) is 0. The average Bonchev–Trinajstić information content (AvgIpc) is 2.60. The zero-order valence-electron chi connectivity index (χ0n) is 7.32. The van der Waals surface area contributed by atoms with Gasteiger partial charge in [-0.2, -0.15) is 8.78 Å². The maximum absolute atomic E-state index is 12.5. The van der Waals surface area contributed by atoms with Gasteiger partial charge in [-0.1, -0.05) is 12.1 Å². The van der Waals surface area contributed by atoms with Gasteiger partial charge < -0.3 is 5.11 Å². The maximum Gasteiger partial charge on any atom is 0.319 e. The Morgan fingerprint density at radius 3 is 2.71 bits per heavy atom. The van der Waals surface area contributed by atoms with E-state index in [2.05, 4.69) is 0 Å². The summed E-state index contributed by atoms with van der Waals surface area (Å²) in [5.41, 5.74) is 1.12. The van der Waals surface area contributed by atoms with Crippen molar-refractivity contribution in [2.24, 2.45) is 0 Å². The highest BCUT2D eigenvalue weighted by atomic mass is 19.3. The Labute approximate surface area is 79.4 Å². The monoisotopic (exact) mass is 197 g/mol. The average molecular weight is 197 g/mol. The minimum Gasteiger partial charge on any atom is -0.392 e. The van der Waals surface area contributed by atoms with Gasteiger partial charge in [-0.25, -0.2) is 0 Å². The molecule has 1 aromatic heterocycles. The Morgan fingerprint density at radius 1 is 1.29 bits per heavy atom. The third kappa shape index (κ3) is 1.28. The van der Waals surface area contributed by atoms with E-state index < -0.39 is 6.55 Å². The lowest BCUT2D eigenvalue weighted by atomic mass is 10.1. The van der Waals surface area contributed by atoms with Crippen LogP contribution in [0.2, 0.25) is 0 Å². The van der Waals surface area contributed by atoms with E-state index in [4.69, 9.17) is 5.11 Å². The van der Waals surface area contributed by atoms with Crippen LogP contribution >= 0.6 is 0 Å². The molecule has 0 aliphatic heterocycles. The first-order valence-electron chi connectivity index (χ1n) is 4.21. The quantitative estimate of drug-likeness (QED) is 0.786. The first-order chi connectivity index (χ1) is 6.74. The fourth-order valence-corrected chi connectivity index (χ4v) is 1.56. The van der Waals surface area contributed by atoms with E-state index in [0.717, 1.165) is 4.57 Å². The zero-order valence-corrected chi connectivity index (χ0v) is 7.32. The summed E-state index contributed by atoms with van der Waals surface area (Å²) in [7, 11) is 0. The number of rotatable bonds is 2. The van der Waals surface area contributed by atoms with E-state index in [1.165, 1.54) is 6.20 Å². The molecule has 0 fully saturated rings. The molecule has 0 saturated heterocycles. The summed E-state index contributed by atoms with van der Waals surface area (Å²) in [6, 6.07) is 6.58. The fourth-order valence-electron chi connectivity index (χ4n) is 1.56. The predicted molar refractivity (Wildman–Crippen MR) is 49.1 cm³/mol. The van der Waals surface area contributed by atoms with Crippen molar-refractivity contribution in [2.45, 2.75) is 13.2 Å². The number of aliphatic hydroxyl groups is 1. The van der Waals surface area contributed by atoms with Crippen molar-refractivity contribution in [3.05, 3.63) is 36.0 Å². The molecule has 0 atom stereocenters. The van der Waals surface area contributed by atoms with Gasteiger partial charge in [-0.15, -0.1) is 0 Å². The summed E-state index contributed by atoms with van der Waals surface area (Å²) < 4.78 is 25.8. The molecular formula is C10H9F2NO. The van der Waals surface area contributed by atoms with Crippen molar-refractivity contribution in [1.82, 2.24) is 4.57 Å². The minimum atomic E-state index is -2.54. The number of halogens is 2. The van der Waals surface area contributed by atoms with E-state index >= 15 is 0 Å². The third-order valence-corrected chi connectivity index (χ3v) is 2.23. The lowest BCUT2D eigenvalue weighted by Crippen LogP contribution is -1.95. The second-order valence-electron chi connectivity index (χ2n) is 3.01. The fraction of sp³-hybridized carbons (Fsp3) is 0.200. The Balaban J connectivity index is 2.69. The van der Waals surface area contributed by atoms with Crippen molar-refractivity contribution in [3.63, 3.8) is 0 Å². The first-order valence-corrected chi connectivity index (χ1v) is 4.21. The molecule has 2 aromatic rings. The summed E-state index contributed by atoms with van der Waals surface area (Å²) in [6.07, 6.45) is 1.33. The Kier molecular flexibility index (Phi) is 2.21. The second-order valence-corrected chi connectivity index (χ2v) is 3.01. The smallest absolute Gasteiger partial charge is 0.319 e. The van der Waals surface area contributed by atoms with Gasteiger partial charge >= 0.3 is 6.55 Å². The Hall–Kier alpha value is -1.42. The number of alkyl halides is 2. The van der Waals surface area contributed by atoms with E-state index in [1.807, 2.05) is 0 Å². The highest BCUT2D eigenvalue weighted by Crippen LogP contribution is 2.24. The van der Waals surface area contributed by atoms with Crippen molar-refractivity contribution in [3.8, 4) is 0 Å². The van der Waals surface area contributed by atoms with Crippen molar-refractivity contribution in [1.29, 1.82) is 0 Å². The van der Waals surface area contributed by atoms with Gasteiger partial charge in [0.05, 0.1) is 12.1 Å². The molecule has 2 rings (SSSR count). The number of fused-ring (bicyclic) bond motifs is 1. The number of aliphatic hydroxyl groups excluding tert-OH is 1. The molecule has 0 spiro atoms. The van der Waals surface area contributed by atoms with Crippen LogP contribution in [0.5, 0.6) is 0 Å². The van der Waals surface area contributed by atoms with Crippen LogP contribution in [0.4, 0.5) is 8.78 Å². The second kappa shape index (κ2) is 3.38. The molecule has 0 saturated carbocycles. The highest BCUT2D eigenvalue weighted by Gasteiger charge is 2.10. The number of benzene rings is 1. The molecule has 0 amide bonds. The predicted octanol–water partition coefficient (Wildman–Crippen LogP) is 2.53. The van der Waals surface area contributed by atoms with Gasteiger partial charge in [-0.05, 0) is 17.7 Å². The third-order valence-electron chi connectivity index (χ3n) is 2.23. The van der Waals surface area contributed by atoms with Gasteiger partial charge in [-0.3, -0.25) is 4.57 Å². The van der Waals surface area contributed by atoms with Gasteiger partial charge in [0.2, 0.25) is 0 Å². The van der Waals surface area contributed by atoms with Crippen LogP contribution < -0.4 is 0 Å². The van der Waals surface area contributed by atoms with Crippen LogP contribution in [0.3, 0.4) is 0 Å². The molecule has 14 heavy (non-hydrogen) atoms. The largest absolute Gasteiger partial charge is 0.392 e. The lowest BCUT2D eigenvalue weighted by molar-refractivity contribution is 0.0752. The number of nitrogens with zero attached hydrogens (tertiary/aromatic N) is 1. The molecule has 0 radical (unpaired) electrons. The SMILES string of the molecule is OCc1cccc2c1ccn2C(F)F. The molecule has 1 aromatic carbocycles. The number of aromatic nitrogens is 1. The van der Waals surface area contributed by atoms with E-state index in [0.29, 0.717) is 16.5 Å². The zero-order chi connectivity index (χ0) is 10.1. The van der Waals surface area contributed by atoms with Crippen LogP contribution in [-0.4, -0.2) is 9.67 Å². The molecule has 0 bridgehead atoms. The topological polar surface area (TPSA) is 25.2 Å². The Morgan fingerprint density at radius 2 is 2.07 bits per heavy atom. The van der Waals surface area contributed by atoms with Gasteiger partial charge in [0.15, 0.2) is 0 Å². The van der Waals surface area contributed by atoms with Crippen molar-refractivity contribution >= 4 is 10.9 Å². The molecular weight excluding hydrogens is 188 g/mol. The molecule has 0 aliphatic rings. The molecule has 74 valence electrons. The molecule has 2 nitrogen and oxygen atoms in total. The summed E-state index contributed by atoms with van der Waals surface area (Å²) >= 11 is 0. The maximum atomic E-state index is 12.5. The standard InChI is InChI=1S/C10H9F2NO/c11-10(12)13-5-4-8-7(6-14)2-1-3-9(8)13/h1-5,10,14H,6H2. The Bertz CT molecular complexity index is 450. The van der Waals surface area contributed by atoms with Gasteiger partial charge in [0, 0.05) is 11.6 Å². The summed E-state index contributed by atoms with van der Waals surface area (Å²) in [5, 5.41) is 9.66. The molecule has 1 heterocycles. The first kappa shape index (κ1) is 9.15. The van der Waals surface area contributed by atoms with Crippen LogP contribution in [0.25, 0.3) is 10.9 Å². The van der Waals surface area contributed by atoms with Crippen LogP contribution in [0.15, 0.2) is 30.5 Å². The van der Waals surface area contributed by atoms with Crippen LogP contribution in [0, 0.1) is 0 Å². The van der Waals surface area contributed by atoms with E-state index in [9.17, 15) is 8.78 Å². The van der Waals surface area contributed by atoms with Gasteiger partial charge in [0.1, 0.15) is 0 Å². The molecule has 4 heteroatoms. The highest BCUT2D eigenvalue weighted by molar-refractivity contribution is 5.83. The van der Waals surface area contributed by atoms with E-state index in [1.54, 1.807) is 24.3 Å². The number of hydrogen-bond donors (Lipinski definition) is 1.